The third-order valence-electron chi connectivity index (χ3n) is 7.24. The van der Waals surface area contributed by atoms with Crippen molar-refractivity contribution in [2.45, 2.75) is 31.3 Å². The lowest BCUT2D eigenvalue weighted by Crippen LogP contribution is -2.54. The summed E-state index contributed by atoms with van der Waals surface area (Å²) < 4.78 is 0. The largest absolute Gasteiger partial charge is 0.324 e. The summed E-state index contributed by atoms with van der Waals surface area (Å²) in [5.41, 5.74) is 1.81. The Hall–Kier alpha value is -2.70. The number of rotatable bonds is 1. The molecule has 2 aromatic rings. The highest BCUT2D eigenvalue weighted by Gasteiger charge is 2.74. The first-order chi connectivity index (χ1) is 14.5. The Morgan fingerprint density at radius 2 is 1.90 bits per heavy atom. The SMILES string of the molecule is Cc1ccc2c(c1)[C@]1(C(=O)N2)[C@H]2C(=O)N(c3ccccc3Cl)C(=O)[C@@H]2[C@H]2CCCN21. The highest BCUT2D eigenvalue weighted by atomic mass is 35.5. The second-order valence-electron chi connectivity index (χ2n) is 8.64. The molecule has 3 amide bonds. The van der Waals surface area contributed by atoms with Crippen LogP contribution in [0.25, 0.3) is 0 Å². The standard InChI is InChI=1S/C23H20ClN3O3/c1-12-8-9-15-13(11-12)23(22(30)25-15)19-18(17-7-4-10-26(17)23)20(28)27(21(19)29)16-6-3-2-5-14(16)24/h2-3,5-6,8-9,11,17-19H,4,7,10H2,1H3,(H,25,30)/t17-,18-,19-,23-/m1/s1. The average Bonchev–Trinajstić information content (AvgIpc) is 3.42. The van der Waals surface area contributed by atoms with E-state index >= 15 is 0 Å². The predicted molar refractivity (Wildman–Crippen MR) is 112 cm³/mol. The molecule has 1 spiro atoms. The Balaban J connectivity index is 1.58. The summed E-state index contributed by atoms with van der Waals surface area (Å²) in [5, 5.41) is 3.35. The van der Waals surface area contributed by atoms with Crippen molar-refractivity contribution < 1.29 is 14.4 Å². The maximum Gasteiger partial charge on any atom is 0.250 e. The fourth-order valence-corrected chi connectivity index (χ4v) is 6.41. The van der Waals surface area contributed by atoms with Gasteiger partial charge >= 0.3 is 0 Å². The molecule has 0 saturated carbocycles. The zero-order valence-corrected chi connectivity index (χ0v) is 17.1. The number of para-hydroxylation sites is 1. The van der Waals surface area contributed by atoms with Gasteiger partial charge in [0.05, 0.1) is 22.5 Å². The van der Waals surface area contributed by atoms with Gasteiger partial charge in [0.25, 0.3) is 0 Å². The highest BCUT2D eigenvalue weighted by Crippen LogP contribution is 2.60. The van der Waals surface area contributed by atoms with Crippen LogP contribution in [0.2, 0.25) is 5.02 Å². The molecular weight excluding hydrogens is 402 g/mol. The van der Waals surface area contributed by atoms with E-state index in [0.29, 0.717) is 17.3 Å². The maximum absolute atomic E-state index is 13.8. The molecule has 6 nitrogen and oxygen atoms in total. The molecule has 4 heterocycles. The fourth-order valence-electron chi connectivity index (χ4n) is 6.19. The summed E-state index contributed by atoms with van der Waals surface area (Å²) in [4.78, 5) is 44.3. The Morgan fingerprint density at radius 1 is 1.10 bits per heavy atom. The molecule has 0 bridgehead atoms. The van der Waals surface area contributed by atoms with Crippen LogP contribution in [0.4, 0.5) is 11.4 Å². The summed E-state index contributed by atoms with van der Waals surface area (Å²) in [5.74, 6) is -2.09. The second kappa shape index (κ2) is 5.93. The van der Waals surface area contributed by atoms with E-state index in [-0.39, 0.29) is 23.8 Å². The van der Waals surface area contributed by atoms with Gasteiger partial charge in [0.15, 0.2) is 0 Å². The number of nitrogens with one attached hydrogen (secondary N) is 1. The molecular formula is C23H20ClN3O3. The molecule has 4 aliphatic rings. The van der Waals surface area contributed by atoms with Crippen molar-refractivity contribution in [2.24, 2.45) is 11.8 Å². The highest BCUT2D eigenvalue weighted by molar-refractivity contribution is 6.36. The Kier molecular flexibility index (Phi) is 3.58. The lowest BCUT2D eigenvalue weighted by molar-refractivity contribution is -0.135. The molecule has 0 aromatic heterocycles. The molecule has 0 unspecified atom stereocenters. The van der Waals surface area contributed by atoms with Crippen LogP contribution in [0.5, 0.6) is 0 Å². The molecule has 6 rings (SSSR count). The smallest absolute Gasteiger partial charge is 0.250 e. The van der Waals surface area contributed by atoms with E-state index in [1.807, 2.05) is 25.1 Å². The van der Waals surface area contributed by atoms with Crippen LogP contribution < -0.4 is 10.2 Å². The van der Waals surface area contributed by atoms with Crippen molar-refractivity contribution in [2.75, 3.05) is 16.8 Å². The normalized spacial score (nSPS) is 32.0. The van der Waals surface area contributed by atoms with Crippen LogP contribution in [0.1, 0.15) is 24.0 Å². The third kappa shape index (κ3) is 1.96. The van der Waals surface area contributed by atoms with E-state index in [1.165, 1.54) is 4.90 Å². The van der Waals surface area contributed by atoms with Gasteiger partial charge in [-0.05, 0) is 44.5 Å². The van der Waals surface area contributed by atoms with Gasteiger partial charge in [-0.15, -0.1) is 0 Å². The Bertz CT molecular complexity index is 1150. The van der Waals surface area contributed by atoms with Gasteiger partial charge in [-0.3, -0.25) is 19.3 Å². The summed E-state index contributed by atoms with van der Waals surface area (Å²) >= 11 is 6.35. The maximum atomic E-state index is 13.8. The van der Waals surface area contributed by atoms with E-state index in [2.05, 4.69) is 10.2 Å². The van der Waals surface area contributed by atoms with E-state index in [9.17, 15) is 14.4 Å². The first-order valence-electron chi connectivity index (χ1n) is 10.3. The van der Waals surface area contributed by atoms with E-state index in [4.69, 9.17) is 11.6 Å². The van der Waals surface area contributed by atoms with Crippen LogP contribution >= 0.6 is 11.6 Å². The minimum atomic E-state index is -1.14. The summed E-state index contributed by atoms with van der Waals surface area (Å²) in [6.07, 6.45) is 1.70. The van der Waals surface area contributed by atoms with Crippen LogP contribution in [-0.2, 0) is 19.9 Å². The van der Waals surface area contributed by atoms with Crippen LogP contribution in [-0.4, -0.2) is 35.2 Å². The summed E-state index contributed by atoms with van der Waals surface area (Å²) in [6, 6.07) is 12.6. The Labute approximate surface area is 178 Å². The van der Waals surface area contributed by atoms with Gasteiger partial charge in [-0.1, -0.05) is 41.4 Å². The van der Waals surface area contributed by atoms with Gasteiger partial charge < -0.3 is 5.32 Å². The number of carbonyl (C=O) groups is 3. The number of nitrogens with zero attached hydrogens (tertiary/aromatic N) is 2. The quantitative estimate of drug-likeness (QED) is 0.718. The number of imide groups is 1. The number of aryl methyl sites for hydroxylation is 1. The summed E-state index contributed by atoms with van der Waals surface area (Å²) in [7, 11) is 0. The second-order valence-corrected chi connectivity index (χ2v) is 9.05. The lowest BCUT2D eigenvalue weighted by atomic mass is 9.75. The molecule has 7 heteroatoms. The molecule has 0 aliphatic carbocycles. The fraction of sp³-hybridized carbons (Fsp3) is 0.348. The molecule has 4 aliphatic heterocycles. The number of carbonyl (C=O) groups excluding carboxylic acids is 3. The van der Waals surface area contributed by atoms with Crippen molar-refractivity contribution in [3.05, 3.63) is 58.6 Å². The Morgan fingerprint density at radius 3 is 2.70 bits per heavy atom. The van der Waals surface area contributed by atoms with E-state index in [1.54, 1.807) is 24.3 Å². The zero-order chi connectivity index (χ0) is 20.8. The van der Waals surface area contributed by atoms with Crippen molar-refractivity contribution in [1.29, 1.82) is 0 Å². The van der Waals surface area contributed by atoms with Gasteiger partial charge in [0.1, 0.15) is 5.54 Å². The number of amides is 3. The number of fused-ring (bicyclic) bond motifs is 7. The number of anilines is 2. The molecule has 0 radical (unpaired) electrons. The lowest BCUT2D eigenvalue weighted by Gasteiger charge is -2.36. The number of halogens is 1. The van der Waals surface area contributed by atoms with E-state index in [0.717, 1.165) is 29.7 Å². The first kappa shape index (κ1) is 18.1. The van der Waals surface area contributed by atoms with Gasteiger partial charge in [0.2, 0.25) is 17.7 Å². The number of hydrogen-bond acceptors (Lipinski definition) is 4. The molecule has 4 atom stereocenters. The van der Waals surface area contributed by atoms with Crippen LogP contribution in [0, 0.1) is 18.8 Å². The van der Waals surface area contributed by atoms with Gasteiger partial charge in [0, 0.05) is 17.3 Å². The minimum absolute atomic E-state index is 0.129. The predicted octanol–water partition coefficient (Wildman–Crippen LogP) is 3.08. The molecule has 152 valence electrons. The molecule has 3 fully saturated rings. The number of benzene rings is 2. The van der Waals surface area contributed by atoms with Crippen LogP contribution in [0.15, 0.2) is 42.5 Å². The molecule has 1 N–H and O–H groups in total. The van der Waals surface area contributed by atoms with Crippen LogP contribution in [0.3, 0.4) is 0 Å². The topological polar surface area (TPSA) is 69.7 Å². The van der Waals surface area contributed by atoms with Crippen molar-refractivity contribution in [3.63, 3.8) is 0 Å². The molecule has 30 heavy (non-hydrogen) atoms. The van der Waals surface area contributed by atoms with Gasteiger partial charge in [-0.25, -0.2) is 4.90 Å². The van der Waals surface area contributed by atoms with Crippen molar-refractivity contribution in [3.8, 4) is 0 Å². The summed E-state index contributed by atoms with van der Waals surface area (Å²) in [6.45, 7) is 2.67. The van der Waals surface area contributed by atoms with Crippen molar-refractivity contribution in [1.82, 2.24) is 4.90 Å². The van der Waals surface area contributed by atoms with Gasteiger partial charge in [-0.2, -0.15) is 0 Å². The number of hydrogen-bond donors (Lipinski definition) is 1. The molecule has 3 saturated heterocycles. The van der Waals surface area contributed by atoms with Crippen molar-refractivity contribution >= 4 is 40.7 Å². The molecule has 2 aromatic carbocycles. The monoisotopic (exact) mass is 421 g/mol. The minimum Gasteiger partial charge on any atom is -0.324 e. The average molecular weight is 422 g/mol. The zero-order valence-electron chi connectivity index (χ0n) is 16.4. The van der Waals surface area contributed by atoms with E-state index < -0.39 is 17.4 Å². The third-order valence-corrected chi connectivity index (χ3v) is 7.56. The first-order valence-corrected chi connectivity index (χ1v) is 10.7.